The molecule has 1 aromatic carbocycles. The van der Waals surface area contributed by atoms with E-state index in [1.807, 2.05) is 0 Å². The van der Waals surface area contributed by atoms with Crippen LogP contribution < -0.4 is 16.0 Å². The molecule has 0 radical (unpaired) electrons. The van der Waals surface area contributed by atoms with Crippen LogP contribution in [0.5, 0.6) is 0 Å². The number of rotatable bonds is 5. The van der Waals surface area contributed by atoms with Crippen LogP contribution in [0.4, 0.5) is 11.4 Å². The zero-order valence-electron chi connectivity index (χ0n) is 12.2. The van der Waals surface area contributed by atoms with E-state index in [1.54, 1.807) is 0 Å². The fourth-order valence-electron chi connectivity index (χ4n) is 2.41. The molecule has 19 heavy (non-hydrogen) atoms. The van der Waals surface area contributed by atoms with Crippen molar-refractivity contribution in [3.8, 4) is 0 Å². The number of anilines is 2. The molecule has 0 bridgehead atoms. The third-order valence-electron chi connectivity index (χ3n) is 3.99. The van der Waals surface area contributed by atoms with E-state index in [0.717, 1.165) is 12.2 Å². The second kappa shape index (κ2) is 6.80. The van der Waals surface area contributed by atoms with Gasteiger partial charge in [0.05, 0.1) is 0 Å². The van der Waals surface area contributed by atoms with E-state index in [9.17, 15) is 0 Å². The lowest BCUT2D eigenvalue weighted by Crippen LogP contribution is -2.34. The molecule has 0 saturated carbocycles. The number of piperidine rings is 1. The molecule has 1 aromatic rings. The van der Waals surface area contributed by atoms with Crippen molar-refractivity contribution in [2.45, 2.75) is 39.2 Å². The topological polar surface area (TPSA) is 41.3 Å². The maximum atomic E-state index is 6.04. The monoisotopic (exact) mass is 261 g/mol. The van der Waals surface area contributed by atoms with Gasteiger partial charge in [-0.25, -0.2) is 0 Å². The molecular formula is C16H27N3. The highest BCUT2D eigenvalue weighted by molar-refractivity contribution is 5.55. The summed E-state index contributed by atoms with van der Waals surface area (Å²) in [4.78, 5) is 2.48. The summed E-state index contributed by atoms with van der Waals surface area (Å²) in [7, 11) is 0. The molecule has 0 aromatic heterocycles. The predicted molar refractivity (Wildman–Crippen MR) is 83.8 cm³/mol. The molecule has 0 amide bonds. The van der Waals surface area contributed by atoms with Gasteiger partial charge in [0.15, 0.2) is 0 Å². The van der Waals surface area contributed by atoms with Crippen LogP contribution in [-0.4, -0.2) is 25.7 Å². The molecule has 0 aliphatic carbocycles. The van der Waals surface area contributed by atoms with Gasteiger partial charge in [0.2, 0.25) is 0 Å². The lowest BCUT2D eigenvalue weighted by Gasteiger charge is -2.29. The number of benzene rings is 1. The predicted octanol–water partition coefficient (Wildman–Crippen LogP) is 3.07. The highest BCUT2D eigenvalue weighted by Gasteiger charge is 2.11. The largest absolute Gasteiger partial charge is 0.383 e. The molecule has 106 valence electrons. The van der Waals surface area contributed by atoms with Crippen LogP contribution in [-0.2, 0) is 0 Å². The summed E-state index contributed by atoms with van der Waals surface area (Å²) in [6, 6.07) is 8.97. The number of nitrogens with zero attached hydrogens (tertiary/aromatic N) is 1. The maximum Gasteiger partial charge on any atom is 0.0367 e. The summed E-state index contributed by atoms with van der Waals surface area (Å²) in [6.07, 6.45) is 4.02. The van der Waals surface area contributed by atoms with Crippen LogP contribution in [0.15, 0.2) is 24.3 Å². The van der Waals surface area contributed by atoms with Gasteiger partial charge in [-0.05, 0) is 49.4 Å². The Morgan fingerprint density at radius 1 is 1.11 bits per heavy atom. The van der Waals surface area contributed by atoms with E-state index in [2.05, 4.69) is 48.3 Å². The van der Waals surface area contributed by atoms with Gasteiger partial charge in [0.1, 0.15) is 0 Å². The van der Waals surface area contributed by atoms with Crippen molar-refractivity contribution >= 4 is 11.4 Å². The zero-order chi connectivity index (χ0) is 13.7. The van der Waals surface area contributed by atoms with Crippen molar-refractivity contribution in [3.05, 3.63) is 24.3 Å². The third-order valence-corrected chi connectivity index (χ3v) is 3.99. The molecule has 1 fully saturated rings. The first kappa shape index (κ1) is 14.2. The van der Waals surface area contributed by atoms with Crippen LogP contribution in [0, 0.1) is 5.92 Å². The Bertz CT molecular complexity index is 366. The molecule has 1 aliphatic heterocycles. The zero-order valence-corrected chi connectivity index (χ0v) is 12.2. The van der Waals surface area contributed by atoms with Crippen molar-refractivity contribution in [1.82, 2.24) is 0 Å². The third kappa shape index (κ3) is 4.13. The normalized spacial score (nSPS) is 17.6. The highest BCUT2D eigenvalue weighted by atomic mass is 15.1. The minimum Gasteiger partial charge on any atom is -0.383 e. The minimum atomic E-state index is 0.210. The fourth-order valence-corrected chi connectivity index (χ4v) is 2.41. The molecule has 1 saturated heterocycles. The Hall–Kier alpha value is -1.22. The second-order valence-electron chi connectivity index (χ2n) is 5.88. The average molecular weight is 261 g/mol. The van der Waals surface area contributed by atoms with Gasteiger partial charge in [0.25, 0.3) is 0 Å². The number of nitrogens with one attached hydrogen (secondary N) is 1. The Morgan fingerprint density at radius 3 is 2.32 bits per heavy atom. The van der Waals surface area contributed by atoms with Crippen molar-refractivity contribution in [2.75, 3.05) is 29.9 Å². The fraction of sp³-hybridized carbons (Fsp3) is 0.625. The van der Waals surface area contributed by atoms with E-state index in [0.29, 0.717) is 5.92 Å². The van der Waals surface area contributed by atoms with Crippen LogP contribution >= 0.6 is 0 Å². The quantitative estimate of drug-likeness (QED) is 0.856. The van der Waals surface area contributed by atoms with Crippen LogP contribution in [0.2, 0.25) is 0 Å². The first-order valence-corrected chi connectivity index (χ1v) is 7.51. The molecule has 1 atom stereocenters. The van der Waals surface area contributed by atoms with Crippen molar-refractivity contribution in [3.63, 3.8) is 0 Å². The standard InChI is InChI=1S/C16H27N3/c1-13(2)16(17)12-18-14-6-8-15(9-7-14)19-10-4-3-5-11-19/h6-9,13,16,18H,3-5,10-12,17H2,1-2H3. The van der Waals surface area contributed by atoms with Crippen LogP contribution in [0.3, 0.4) is 0 Å². The summed E-state index contributed by atoms with van der Waals surface area (Å²) >= 11 is 0. The first-order chi connectivity index (χ1) is 9.16. The van der Waals surface area contributed by atoms with Gasteiger partial charge in [-0.2, -0.15) is 0 Å². The second-order valence-corrected chi connectivity index (χ2v) is 5.88. The number of hydrogen-bond acceptors (Lipinski definition) is 3. The van der Waals surface area contributed by atoms with Gasteiger partial charge in [-0.3, -0.25) is 0 Å². The average Bonchev–Trinajstić information content (AvgIpc) is 2.46. The molecule has 3 heteroatoms. The Labute approximate surface area is 117 Å². The lowest BCUT2D eigenvalue weighted by molar-refractivity contribution is 0.511. The van der Waals surface area contributed by atoms with Crippen molar-refractivity contribution in [1.29, 1.82) is 0 Å². The Morgan fingerprint density at radius 2 is 1.74 bits per heavy atom. The van der Waals surface area contributed by atoms with Crippen LogP contribution in [0.25, 0.3) is 0 Å². The highest BCUT2D eigenvalue weighted by Crippen LogP contribution is 2.21. The molecule has 3 N–H and O–H groups in total. The van der Waals surface area contributed by atoms with E-state index >= 15 is 0 Å². The van der Waals surface area contributed by atoms with Gasteiger partial charge < -0.3 is 16.0 Å². The molecule has 1 heterocycles. The first-order valence-electron chi connectivity index (χ1n) is 7.51. The summed E-state index contributed by atoms with van der Waals surface area (Å²) in [5, 5.41) is 3.41. The number of nitrogens with two attached hydrogens (primary N) is 1. The molecule has 0 spiro atoms. The van der Waals surface area contributed by atoms with Crippen LogP contribution in [0.1, 0.15) is 33.1 Å². The van der Waals surface area contributed by atoms with E-state index in [4.69, 9.17) is 5.73 Å². The van der Waals surface area contributed by atoms with Crippen molar-refractivity contribution < 1.29 is 0 Å². The Balaban J connectivity index is 1.87. The molecular weight excluding hydrogens is 234 g/mol. The summed E-state index contributed by atoms with van der Waals surface area (Å²) in [6.45, 7) is 7.55. The van der Waals surface area contributed by atoms with Gasteiger partial charge in [-0.1, -0.05) is 13.8 Å². The maximum absolute atomic E-state index is 6.04. The lowest BCUT2D eigenvalue weighted by atomic mass is 10.1. The van der Waals surface area contributed by atoms with Crippen molar-refractivity contribution in [2.24, 2.45) is 11.7 Å². The summed E-state index contributed by atoms with van der Waals surface area (Å²) < 4.78 is 0. The Kier molecular flexibility index (Phi) is 5.08. The summed E-state index contributed by atoms with van der Waals surface area (Å²) in [5.41, 5.74) is 8.55. The molecule has 3 nitrogen and oxygen atoms in total. The molecule has 1 aliphatic rings. The SMILES string of the molecule is CC(C)C(N)CNc1ccc(N2CCCCC2)cc1. The van der Waals surface area contributed by atoms with Gasteiger partial charge in [0, 0.05) is 37.1 Å². The molecule has 1 unspecified atom stereocenters. The van der Waals surface area contributed by atoms with E-state index in [-0.39, 0.29) is 6.04 Å². The van der Waals surface area contributed by atoms with Gasteiger partial charge in [-0.15, -0.1) is 0 Å². The summed E-state index contributed by atoms with van der Waals surface area (Å²) in [5.74, 6) is 0.514. The minimum absolute atomic E-state index is 0.210. The van der Waals surface area contributed by atoms with E-state index in [1.165, 1.54) is 38.0 Å². The number of hydrogen-bond donors (Lipinski definition) is 2. The smallest absolute Gasteiger partial charge is 0.0367 e. The molecule has 2 rings (SSSR count). The van der Waals surface area contributed by atoms with E-state index < -0.39 is 0 Å². The van der Waals surface area contributed by atoms with Gasteiger partial charge >= 0.3 is 0 Å².